The van der Waals surface area contributed by atoms with Crippen LogP contribution >= 0.6 is 0 Å². The highest BCUT2D eigenvalue weighted by Crippen LogP contribution is 2.29. The van der Waals surface area contributed by atoms with Crippen LogP contribution in [0.15, 0.2) is 54.7 Å². The number of nitrogens with zero attached hydrogens (tertiary/aromatic N) is 3. The molecule has 1 saturated heterocycles. The Labute approximate surface area is 191 Å². The molecule has 4 rings (SSSR count). The summed E-state index contributed by atoms with van der Waals surface area (Å²) >= 11 is 0. The number of likely N-dealkylation sites (tertiary alicyclic amines) is 1. The van der Waals surface area contributed by atoms with Crippen LogP contribution < -0.4 is 16.4 Å². The Morgan fingerprint density at radius 3 is 2.61 bits per heavy atom. The topological polar surface area (TPSA) is 113 Å². The first-order valence-electron chi connectivity index (χ1n) is 10.7. The van der Waals surface area contributed by atoms with Crippen molar-refractivity contribution in [1.82, 2.24) is 14.9 Å². The number of pyridine rings is 2. The first-order valence-corrected chi connectivity index (χ1v) is 10.7. The lowest BCUT2D eigenvalue weighted by atomic mass is 9.91. The van der Waals surface area contributed by atoms with Gasteiger partial charge in [-0.2, -0.15) is 4.39 Å². The molecular weight excluding hydrogens is 423 g/mol. The number of halogens is 1. The molecule has 3 aromatic rings. The molecule has 1 aliphatic rings. The van der Waals surface area contributed by atoms with Crippen molar-refractivity contribution in [2.45, 2.75) is 25.8 Å². The average Bonchev–Trinajstić information content (AvgIpc) is 2.77. The number of amides is 2. The molecule has 2 aromatic heterocycles. The summed E-state index contributed by atoms with van der Waals surface area (Å²) in [5, 5.41) is 6.29. The summed E-state index contributed by atoms with van der Waals surface area (Å²) in [5.74, 6) is -0.131. The Morgan fingerprint density at radius 1 is 1.18 bits per heavy atom. The third kappa shape index (κ3) is 5.25. The molecule has 1 aromatic carbocycles. The smallest absolute Gasteiger partial charge is 0.252 e. The number of carbonyl (C=O) groups excluding carboxylic acids is 2. The molecule has 8 nitrogen and oxygen atoms in total. The van der Waals surface area contributed by atoms with Crippen LogP contribution in [0, 0.1) is 5.95 Å². The van der Waals surface area contributed by atoms with Gasteiger partial charge in [0.25, 0.3) is 5.91 Å². The number of carbonyl (C=O) groups is 2. The Bertz CT molecular complexity index is 1160. The third-order valence-electron chi connectivity index (χ3n) is 5.59. The Hall–Kier alpha value is -4.01. The minimum absolute atomic E-state index is 0.188. The van der Waals surface area contributed by atoms with E-state index in [1.807, 2.05) is 36.1 Å². The second-order valence-corrected chi connectivity index (χ2v) is 7.88. The van der Waals surface area contributed by atoms with Gasteiger partial charge in [0, 0.05) is 43.4 Å². The lowest BCUT2D eigenvalue weighted by molar-refractivity contribution is -0.135. The molecule has 0 radical (unpaired) electrons. The number of hydrogen-bond acceptors (Lipinski definition) is 6. The van der Waals surface area contributed by atoms with Gasteiger partial charge in [-0.15, -0.1) is 0 Å². The van der Waals surface area contributed by atoms with Crippen LogP contribution in [0.2, 0.25) is 0 Å². The molecular formula is C24H25FN6O2. The highest BCUT2D eigenvalue weighted by Gasteiger charge is 2.30. The van der Waals surface area contributed by atoms with Crippen molar-refractivity contribution in [3.05, 3.63) is 77.5 Å². The van der Waals surface area contributed by atoms with Gasteiger partial charge in [-0.1, -0.05) is 25.1 Å². The molecule has 4 N–H and O–H groups in total. The fourth-order valence-corrected chi connectivity index (χ4v) is 3.70. The molecule has 0 spiro atoms. The number of aromatic nitrogens is 2. The number of nitrogens with two attached hydrogens (primary N) is 1. The molecule has 170 valence electrons. The van der Waals surface area contributed by atoms with Crippen LogP contribution in [0.3, 0.4) is 0 Å². The van der Waals surface area contributed by atoms with Crippen molar-refractivity contribution in [3.63, 3.8) is 0 Å². The van der Waals surface area contributed by atoms with Crippen molar-refractivity contribution >= 4 is 29.0 Å². The first kappa shape index (κ1) is 22.2. The van der Waals surface area contributed by atoms with Crippen molar-refractivity contribution in [1.29, 1.82) is 0 Å². The second kappa shape index (κ2) is 9.64. The average molecular weight is 449 g/mol. The van der Waals surface area contributed by atoms with Crippen molar-refractivity contribution in [2.24, 2.45) is 5.73 Å². The molecule has 0 aliphatic carbocycles. The maximum atomic E-state index is 13.3. The minimum atomic E-state index is -0.621. The van der Waals surface area contributed by atoms with Gasteiger partial charge in [0.05, 0.1) is 23.5 Å². The molecule has 3 heterocycles. The summed E-state index contributed by atoms with van der Waals surface area (Å²) in [4.78, 5) is 33.5. The zero-order chi connectivity index (χ0) is 23.4. The number of primary amides is 1. The quantitative estimate of drug-likeness (QED) is 0.455. The summed E-state index contributed by atoms with van der Waals surface area (Å²) < 4.78 is 13.3. The van der Waals surface area contributed by atoms with Crippen LogP contribution in [0.25, 0.3) is 0 Å². The fraction of sp³-hybridized carbons (Fsp3) is 0.250. The van der Waals surface area contributed by atoms with Gasteiger partial charge >= 0.3 is 0 Å². The zero-order valence-electron chi connectivity index (χ0n) is 18.2. The summed E-state index contributed by atoms with van der Waals surface area (Å²) in [6.07, 6.45) is 1.93. The Kier molecular flexibility index (Phi) is 6.48. The maximum Gasteiger partial charge on any atom is 0.252 e. The minimum Gasteiger partial charge on any atom is -0.379 e. The monoisotopic (exact) mass is 448 g/mol. The van der Waals surface area contributed by atoms with E-state index in [1.54, 1.807) is 18.2 Å². The molecule has 33 heavy (non-hydrogen) atoms. The van der Waals surface area contributed by atoms with E-state index in [4.69, 9.17) is 5.73 Å². The van der Waals surface area contributed by atoms with E-state index >= 15 is 0 Å². The lowest BCUT2D eigenvalue weighted by Crippen LogP contribution is -2.48. The van der Waals surface area contributed by atoms with Gasteiger partial charge < -0.3 is 21.3 Å². The maximum absolute atomic E-state index is 13.3. The molecule has 0 unspecified atom stereocenters. The van der Waals surface area contributed by atoms with Gasteiger partial charge in [-0.25, -0.2) is 9.97 Å². The number of hydrogen-bond donors (Lipinski definition) is 3. The van der Waals surface area contributed by atoms with Crippen molar-refractivity contribution in [2.75, 3.05) is 23.7 Å². The van der Waals surface area contributed by atoms with Crippen LogP contribution in [-0.4, -0.2) is 39.8 Å². The van der Waals surface area contributed by atoms with E-state index in [-0.39, 0.29) is 18.0 Å². The predicted octanol–water partition coefficient (Wildman–Crippen LogP) is 3.41. The summed E-state index contributed by atoms with van der Waals surface area (Å²) in [6, 6.07) is 14.2. The predicted molar refractivity (Wildman–Crippen MR) is 124 cm³/mol. The largest absolute Gasteiger partial charge is 0.379 e. The molecule has 1 fully saturated rings. The first-order chi connectivity index (χ1) is 15.9. The van der Waals surface area contributed by atoms with Gasteiger partial charge in [-0.3, -0.25) is 9.59 Å². The fourth-order valence-electron chi connectivity index (χ4n) is 3.70. The number of anilines is 3. The molecule has 2 amide bonds. The summed E-state index contributed by atoms with van der Waals surface area (Å²) in [5.41, 5.74) is 8.67. The second-order valence-electron chi connectivity index (χ2n) is 7.88. The van der Waals surface area contributed by atoms with Crippen LogP contribution in [0.4, 0.5) is 21.6 Å². The molecule has 1 aliphatic heterocycles. The van der Waals surface area contributed by atoms with Crippen LogP contribution in [0.1, 0.15) is 40.9 Å². The van der Waals surface area contributed by atoms with Gasteiger partial charge in [-0.05, 0) is 29.8 Å². The van der Waals surface area contributed by atoms with E-state index in [2.05, 4.69) is 20.6 Å². The third-order valence-corrected chi connectivity index (χ3v) is 5.59. The summed E-state index contributed by atoms with van der Waals surface area (Å²) in [6.45, 7) is 3.60. The van der Waals surface area contributed by atoms with Gasteiger partial charge in [0.1, 0.15) is 5.82 Å². The number of rotatable bonds is 8. The van der Waals surface area contributed by atoms with Crippen molar-refractivity contribution in [3.8, 4) is 0 Å². The molecule has 0 bridgehead atoms. The van der Waals surface area contributed by atoms with Crippen molar-refractivity contribution < 1.29 is 14.0 Å². The lowest BCUT2D eigenvalue weighted by Gasteiger charge is -2.39. The standard InChI is InChI=1S/C24H25FN6O2/c1-2-23(32)31-13-16(14-31)15-6-8-17(9-7-15)30-22-10-20(19(12-28-22)24(26)33)27-11-18-4-3-5-21(25)29-18/h3-10,12,16H,2,11,13-14H2,1H3,(H2,26,33)(H2,27,28,30). The number of nitrogens with one attached hydrogen (secondary N) is 2. The SMILES string of the molecule is CCC(=O)N1CC(c2ccc(Nc3cc(NCc4cccc(F)n4)c(C(N)=O)cn3)cc2)C1. The normalized spacial score (nSPS) is 13.3. The van der Waals surface area contributed by atoms with E-state index in [0.29, 0.717) is 29.5 Å². The summed E-state index contributed by atoms with van der Waals surface area (Å²) in [7, 11) is 0. The molecule has 0 atom stereocenters. The highest BCUT2D eigenvalue weighted by atomic mass is 19.1. The Balaban J connectivity index is 1.43. The van der Waals surface area contributed by atoms with Crippen LogP contribution in [0.5, 0.6) is 0 Å². The molecule has 9 heteroatoms. The van der Waals surface area contributed by atoms with Gasteiger partial charge in [0.15, 0.2) is 0 Å². The van der Waals surface area contributed by atoms with E-state index < -0.39 is 11.9 Å². The highest BCUT2D eigenvalue weighted by molar-refractivity contribution is 5.98. The zero-order valence-corrected chi connectivity index (χ0v) is 18.2. The van der Waals surface area contributed by atoms with Gasteiger partial charge in [0.2, 0.25) is 11.9 Å². The van der Waals surface area contributed by atoms with E-state index in [1.165, 1.54) is 17.8 Å². The molecule has 0 saturated carbocycles. The number of benzene rings is 1. The van der Waals surface area contributed by atoms with Crippen LogP contribution in [-0.2, 0) is 11.3 Å². The Morgan fingerprint density at radius 2 is 1.94 bits per heavy atom. The van der Waals surface area contributed by atoms with E-state index in [9.17, 15) is 14.0 Å². The van der Waals surface area contributed by atoms with E-state index in [0.717, 1.165) is 18.8 Å².